The number of nitrogens with zero attached hydrogens (tertiary/aromatic N) is 1. The quantitative estimate of drug-likeness (QED) is 0.903. The average Bonchev–Trinajstić information content (AvgIpc) is 2.72. The molecule has 1 aliphatic heterocycles. The maximum atomic E-state index is 12.8. The van der Waals surface area contributed by atoms with E-state index < -0.39 is 10.0 Å². The van der Waals surface area contributed by atoms with Crippen LogP contribution >= 0.6 is 0 Å². The minimum atomic E-state index is -3.51. The number of benzene rings is 1. The molecular weight excluding hydrogens is 286 g/mol. The second kappa shape index (κ2) is 5.44. The molecule has 0 amide bonds. The minimum Gasteiger partial charge on any atom is -0.347 e. The molecule has 1 fully saturated rings. The molecule has 0 aliphatic carbocycles. The summed E-state index contributed by atoms with van der Waals surface area (Å²) in [6.45, 7) is 3.52. The van der Waals surface area contributed by atoms with Gasteiger partial charge in [0.2, 0.25) is 10.0 Å². The molecule has 3 rings (SSSR count). The van der Waals surface area contributed by atoms with Crippen LogP contribution < -0.4 is 10.0 Å². The summed E-state index contributed by atoms with van der Waals surface area (Å²) in [7, 11) is -1.61. The summed E-state index contributed by atoms with van der Waals surface area (Å²) in [6.07, 6.45) is 1.89. The van der Waals surface area contributed by atoms with Gasteiger partial charge in [-0.3, -0.25) is 0 Å². The number of nitrogens with one attached hydrogen (secondary N) is 2. The molecule has 114 valence electrons. The smallest absolute Gasteiger partial charge is 0.243 e. The average molecular weight is 307 g/mol. The van der Waals surface area contributed by atoms with Gasteiger partial charge in [0.1, 0.15) is 4.90 Å². The number of hydrogen-bond acceptors (Lipinski definition) is 3. The number of aryl methyl sites for hydroxylation is 1. The zero-order valence-electron chi connectivity index (χ0n) is 12.4. The number of sulfonamides is 1. The van der Waals surface area contributed by atoms with Gasteiger partial charge >= 0.3 is 0 Å². The summed E-state index contributed by atoms with van der Waals surface area (Å²) < 4.78 is 30.4. The lowest BCUT2D eigenvalue weighted by molar-refractivity contribution is 0.428. The predicted molar refractivity (Wildman–Crippen MR) is 83.9 cm³/mol. The van der Waals surface area contributed by atoms with Crippen molar-refractivity contribution in [1.82, 2.24) is 14.6 Å². The van der Waals surface area contributed by atoms with Crippen LogP contribution in [0.1, 0.15) is 18.5 Å². The normalized spacial score (nSPS) is 20.0. The van der Waals surface area contributed by atoms with Crippen LogP contribution in [0.5, 0.6) is 0 Å². The molecule has 1 atom stereocenters. The van der Waals surface area contributed by atoms with Crippen molar-refractivity contribution >= 4 is 20.9 Å². The van der Waals surface area contributed by atoms with Crippen molar-refractivity contribution in [2.24, 2.45) is 7.05 Å². The maximum Gasteiger partial charge on any atom is 0.243 e. The number of hydrogen-bond donors (Lipinski definition) is 2. The minimum absolute atomic E-state index is 0.0258. The molecule has 6 heteroatoms. The monoisotopic (exact) mass is 307 g/mol. The Morgan fingerprint density at radius 1 is 1.33 bits per heavy atom. The molecule has 2 N–H and O–H groups in total. The van der Waals surface area contributed by atoms with E-state index in [0.29, 0.717) is 11.4 Å². The fourth-order valence-corrected chi connectivity index (χ4v) is 4.80. The number of fused-ring (bicyclic) bond motifs is 1. The second-order valence-electron chi connectivity index (χ2n) is 5.66. The molecule has 2 aromatic rings. The molecule has 0 radical (unpaired) electrons. The van der Waals surface area contributed by atoms with Crippen molar-refractivity contribution < 1.29 is 8.42 Å². The van der Waals surface area contributed by atoms with Crippen molar-refractivity contribution in [1.29, 1.82) is 0 Å². The summed E-state index contributed by atoms with van der Waals surface area (Å²) in [5.74, 6) is 0. The lowest BCUT2D eigenvalue weighted by Crippen LogP contribution is -2.45. The van der Waals surface area contributed by atoms with Crippen molar-refractivity contribution in [2.75, 3.05) is 13.1 Å². The van der Waals surface area contributed by atoms with Gasteiger partial charge in [-0.25, -0.2) is 13.1 Å². The van der Waals surface area contributed by atoms with Gasteiger partial charge in [0, 0.05) is 36.2 Å². The first-order valence-electron chi connectivity index (χ1n) is 7.28. The molecule has 21 heavy (non-hydrogen) atoms. The van der Waals surface area contributed by atoms with E-state index in [9.17, 15) is 8.42 Å². The van der Waals surface area contributed by atoms with Gasteiger partial charge in [-0.2, -0.15) is 0 Å². The summed E-state index contributed by atoms with van der Waals surface area (Å²) in [5, 5.41) is 4.02. The summed E-state index contributed by atoms with van der Waals surface area (Å²) in [4.78, 5) is 0.408. The Balaban J connectivity index is 2.04. The Hall–Kier alpha value is -1.37. The van der Waals surface area contributed by atoms with E-state index in [1.807, 2.05) is 42.8 Å². The van der Waals surface area contributed by atoms with E-state index in [1.54, 1.807) is 0 Å². The Labute approximate surface area is 125 Å². The summed E-state index contributed by atoms with van der Waals surface area (Å²) >= 11 is 0. The highest BCUT2D eigenvalue weighted by Gasteiger charge is 2.27. The van der Waals surface area contributed by atoms with Crippen LogP contribution in [0.4, 0.5) is 0 Å². The molecule has 1 aromatic carbocycles. The van der Waals surface area contributed by atoms with E-state index in [4.69, 9.17) is 0 Å². The van der Waals surface area contributed by atoms with Crippen LogP contribution in [-0.2, 0) is 17.1 Å². The highest BCUT2D eigenvalue weighted by atomic mass is 32.2. The molecule has 0 spiro atoms. The van der Waals surface area contributed by atoms with Crippen molar-refractivity contribution in [3.05, 3.63) is 30.0 Å². The van der Waals surface area contributed by atoms with Gasteiger partial charge in [-0.05, 0) is 32.4 Å². The number of piperidine rings is 1. The first-order valence-corrected chi connectivity index (χ1v) is 8.76. The third kappa shape index (κ3) is 2.59. The Morgan fingerprint density at radius 3 is 2.81 bits per heavy atom. The Morgan fingerprint density at radius 2 is 2.10 bits per heavy atom. The first kappa shape index (κ1) is 14.6. The van der Waals surface area contributed by atoms with Crippen LogP contribution in [0, 0.1) is 6.92 Å². The van der Waals surface area contributed by atoms with E-state index >= 15 is 0 Å². The van der Waals surface area contributed by atoms with E-state index in [0.717, 1.165) is 36.0 Å². The summed E-state index contributed by atoms with van der Waals surface area (Å²) in [6, 6.07) is 7.60. The van der Waals surface area contributed by atoms with E-state index in [2.05, 4.69) is 10.0 Å². The molecule has 1 saturated heterocycles. The van der Waals surface area contributed by atoms with Gasteiger partial charge < -0.3 is 9.88 Å². The number of para-hydroxylation sites is 1. The molecule has 0 unspecified atom stereocenters. The molecular formula is C15H21N3O2S. The fourth-order valence-electron chi connectivity index (χ4n) is 3.06. The first-order chi connectivity index (χ1) is 10.0. The summed E-state index contributed by atoms with van der Waals surface area (Å²) in [5.41, 5.74) is 1.71. The van der Waals surface area contributed by atoms with Crippen molar-refractivity contribution in [3.63, 3.8) is 0 Å². The molecule has 1 aliphatic rings. The van der Waals surface area contributed by atoms with E-state index in [1.165, 1.54) is 0 Å². The van der Waals surface area contributed by atoms with Crippen molar-refractivity contribution in [3.8, 4) is 0 Å². The van der Waals surface area contributed by atoms with Crippen LogP contribution in [0.15, 0.2) is 29.2 Å². The fraction of sp³-hybridized carbons (Fsp3) is 0.467. The molecule has 0 bridgehead atoms. The largest absolute Gasteiger partial charge is 0.347 e. The topological polar surface area (TPSA) is 63.1 Å². The van der Waals surface area contributed by atoms with Crippen LogP contribution in [0.25, 0.3) is 10.9 Å². The predicted octanol–water partition coefficient (Wildman–Crippen LogP) is 1.52. The lowest BCUT2D eigenvalue weighted by atomic mass is 10.1. The molecule has 5 nitrogen and oxygen atoms in total. The maximum absolute atomic E-state index is 12.8. The standard InChI is InChI=1S/C15H21N3O2S/c1-11-15(13-7-3-4-8-14(13)18(11)2)21(19,20)17-12-6-5-9-16-10-12/h3-4,7-8,12,16-17H,5-6,9-10H2,1-2H3/t12-/m1/s1. The zero-order valence-corrected chi connectivity index (χ0v) is 13.2. The number of rotatable bonds is 3. The van der Waals surface area contributed by atoms with Gasteiger partial charge in [0.15, 0.2) is 0 Å². The van der Waals surface area contributed by atoms with Crippen LogP contribution in [-0.4, -0.2) is 32.1 Å². The van der Waals surface area contributed by atoms with Gasteiger partial charge in [0.25, 0.3) is 0 Å². The molecule has 2 heterocycles. The van der Waals surface area contributed by atoms with Crippen LogP contribution in [0.2, 0.25) is 0 Å². The highest BCUT2D eigenvalue weighted by molar-refractivity contribution is 7.89. The Kier molecular flexibility index (Phi) is 3.77. The third-order valence-electron chi connectivity index (χ3n) is 4.23. The third-order valence-corrected chi connectivity index (χ3v) is 5.93. The van der Waals surface area contributed by atoms with Crippen LogP contribution in [0.3, 0.4) is 0 Å². The van der Waals surface area contributed by atoms with Gasteiger partial charge in [-0.15, -0.1) is 0 Å². The molecule has 0 saturated carbocycles. The molecule has 1 aromatic heterocycles. The van der Waals surface area contributed by atoms with Crippen molar-refractivity contribution in [2.45, 2.75) is 30.7 Å². The number of aromatic nitrogens is 1. The zero-order chi connectivity index (χ0) is 15.0. The van der Waals surface area contributed by atoms with Gasteiger partial charge in [0.05, 0.1) is 0 Å². The lowest BCUT2D eigenvalue weighted by Gasteiger charge is -2.23. The van der Waals surface area contributed by atoms with E-state index in [-0.39, 0.29) is 6.04 Å². The highest BCUT2D eigenvalue weighted by Crippen LogP contribution is 2.29. The second-order valence-corrected chi connectivity index (χ2v) is 7.31. The SMILES string of the molecule is Cc1c(S(=O)(=O)N[C@@H]2CCCNC2)c2ccccc2n1C. The Bertz CT molecular complexity index is 759. The van der Waals surface area contributed by atoms with Gasteiger partial charge in [-0.1, -0.05) is 18.2 Å².